The highest BCUT2D eigenvalue weighted by Gasteiger charge is 2.13. The molecule has 0 saturated heterocycles. The lowest BCUT2D eigenvalue weighted by Crippen LogP contribution is -1.95. The van der Waals surface area contributed by atoms with Crippen molar-refractivity contribution in [3.05, 3.63) is 23.8 Å². The van der Waals surface area contributed by atoms with Crippen LogP contribution in [0.3, 0.4) is 0 Å². The summed E-state index contributed by atoms with van der Waals surface area (Å²) in [6, 6.07) is 5.13. The second-order valence-electron chi connectivity index (χ2n) is 2.73. The number of carboxylic acid groups (broad SMARTS) is 1. The molecule has 0 radical (unpaired) electrons. The van der Waals surface area contributed by atoms with Gasteiger partial charge in [-0.15, -0.1) is 0 Å². The van der Waals surface area contributed by atoms with E-state index in [1.807, 2.05) is 0 Å². The van der Waals surface area contributed by atoms with Gasteiger partial charge in [-0.3, -0.25) is 0 Å². The fourth-order valence-corrected chi connectivity index (χ4v) is 1.22. The monoisotopic (exact) mass is 192 g/mol. The Balaban J connectivity index is 2.73. The number of fused-ring (bicyclic) bond motifs is 1. The number of nitrogens with one attached hydrogen (secondary N) is 1. The first-order chi connectivity index (χ1) is 6.72. The number of nitrogens with zero attached hydrogens (tertiary/aromatic N) is 1. The highest BCUT2D eigenvalue weighted by molar-refractivity contribution is 6.00. The Kier molecular flexibility index (Phi) is 1.85. The third-order valence-electron chi connectivity index (χ3n) is 1.86. The summed E-state index contributed by atoms with van der Waals surface area (Å²) in [5.41, 5.74) is 0.954. The normalized spacial score (nSPS) is 10.4. The number of aromatic nitrogens is 1. The van der Waals surface area contributed by atoms with E-state index >= 15 is 0 Å². The van der Waals surface area contributed by atoms with Crippen LogP contribution >= 0.6 is 0 Å². The summed E-state index contributed by atoms with van der Waals surface area (Å²) in [5, 5.41) is 11.6. The zero-order valence-corrected chi connectivity index (χ0v) is 7.44. The SMILES string of the molecule is CNc1nc2cccc(C(=O)O)c2o1. The minimum atomic E-state index is -1.02. The molecule has 72 valence electrons. The van der Waals surface area contributed by atoms with Crippen LogP contribution in [0.4, 0.5) is 6.01 Å². The predicted molar refractivity (Wildman–Crippen MR) is 50.5 cm³/mol. The maximum Gasteiger partial charge on any atom is 0.339 e. The van der Waals surface area contributed by atoms with Crippen LogP contribution in [0, 0.1) is 0 Å². The maximum atomic E-state index is 10.8. The third kappa shape index (κ3) is 1.19. The van der Waals surface area contributed by atoms with Crippen molar-refractivity contribution in [1.29, 1.82) is 0 Å². The minimum Gasteiger partial charge on any atom is -0.478 e. The molecule has 0 bridgehead atoms. The number of rotatable bonds is 2. The number of para-hydroxylation sites is 1. The fraction of sp³-hybridized carbons (Fsp3) is 0.111. The molecule has 0 aliphatic heterocycles. The Hall–Kier alpha value is -2.04. The lowest BCUT2D eigenvalue weighted by atomic mass is 10.2. The van der Waals surface area contributed by atoms with Gasteiger partial charge in [0, 0.05) is 7.05 Å². The molecular weight excluding hydrogens is 184 g/mol. The van der Waals surface area contributed by atoms with Gasteiger partial charge in [-0.1, -0.05) is 6.07 Å². The molecule has 5 heteroatoms. The number of carboxylic acids is 1. The van der Waals surface area contributed by atoms with Gasteiger partial charge in [0.2, 0.25) is 0 Å². The molecule has 2 N–H and O–H groups in total. The second-order valence-corrected chi connectivity index (χ2v) is 2.73. The smallest absolute Gasteiger partial charge is 0.339 e. The first kappa shape index (κ1) is 8.55. The summed E-state index contributed by atoms with van der Waals surface area (Å²) in [7, 11) is 1.66. The fourth-order valence-electron chi connectivity index (χ4n) is 1.22. The molecule has 0 spiro atoms. The van der Waals surface area contributed by atoms with Crippen LogP contribution in [-0.4, -0.2) is 23.1 Å². The lowest BCUT2D eigenvalue weighted by molar-refractivity contribution is 0.0698. The van der Waals surface area contributed by atoms with Crippen molar-refractivity contribution in [3.63, 3.8) is 0 Å². The molecule has 2 aromatic rings. The van der Waals surface area contributed by atoms with E-state index in [9.17, 15) is 4.79 Å². The summed E-state index contributed by atoms with van der Waals surface area (Å²) in [5.74, 6) is -1.02. The molecule has 5 nitrogen and oxygen atoms in total. The van der Waals surface area contributed by atoms with Gasteiger partial charge in [-0.05, 0) is 12.1 Å². The molecule has 0 unspecified atom stereocenters. The van der Waals surface area contributed by atoms with Crippen molar-refractivity contribution in [1.82, 2.24) is 4.98 Å². The van der Waals surface area contributed by atoms with Crippen LogP contribution < -0.4 is 5.32 Å². The van der Waals surface area contributed by atoms with Crippen LogP contribution in [0.5, 0.6) is 0 Å². The van der Waals surface area contributed by atoms with Gasteiger partial charge in [0.15, 0.2) is 5.58 Å². The Labute approximate surface area is 79.4 Å². The average Bonchev–Trinajstić information content (AvgIpc) is 2.59. The summed E-state index contributed by atoms with van der Waals surface area (Å²) >= 11 is 0. The molecule has 0 aliphatic carbocycles. The zero-order chi connectivity index (χ0) is 10.1. The molecule has 0 saturated carbocycles. The highest BCUT2D eigenvalue weighted by Crippen LogP contribution is 2.22. The van der Waals surface area contributed by atoms with Gasteiger partial charge < -0.3 is 14.8 Å². The number of carbonyl (C=O) groups is 1. The van der Waals surface area contributed by atoms with E-state index < -0.39 is 5.97 Å². The van der Waals surface area contributed by atoms with Crippen molar-refractivity contribution in [2.45, 2.75) is 0 Å². The number of anilines is 1. The maximum absolute atomic E-state index is 10.8. The minimum absolute atomic E-state index is 0.122. The number of hydrogen-bond donors (Lipinski definition) is 2. The van der Waals surface area contributed by atoms with Gasteiger partial charge in [-0.2, -0.15) is 4.98 Å². The zero-order valence-electron chi connectivity index (χ0n) is 7.44. The van der Waals surface area contributed by atoms with E-state index in [-0.39, 0.29) is 5.56 Å². The average molecular weight is 192 g/mol. The second kappa shape index (κ2) is 3.02. The Morgan fingerprint density at radius 1 is 1.57 bits per heavy atom. The molecular formula is C9H8N2O3. The molecule has 14 heavy (non-hydrogen) atoms. The molecule has 0 amide bonds. The Morgan fingerprint density at radius 3 is 3.00 bits per heavy atom. The molecule has 2 rings (SSSR count). The third-order valence-corrected chi connectivity index (χ3v) is 1.86. The number of oxazole rings is 1. The standard InChI is InChI=1S/C9H8N2O3/c1-10-9-11-6-4-2-3-5(8(12)13)7(6)14-9/h2-4H,1H3,(H,10,11)(H,12,13). The van der Waals surface area contributed by atoms with Gasteiger partial charge in [-0.25, -0.2) is 4.79 Å². The van der Waals surface area contributed by atoms with Gasteiger partial charge in [0.25, 0.3) is 6.01 Å². The number of aromatic carboxylic acids is 1. The van der Waals surface area contributed by atoms with Crippen molar-refractivity contribution < 1.29 is 14.3 Å². The van der Waals surface area contributed by atoms with Crippen LogP contribution in [0.25, 0.3) is 11.1 Å². The molecule has 0 fully saturated rings. The number of hydrogen-bond acceptors (Lipinski definition) is 4. The van der Waals surface area contributed by atoms with Crippen molar-refractivity contribution in [2.24, 2.45) is 0 Å². The van der Waals surface area contributed by atoms with E-state index in [4.69, 9.17) is 9.52 Å². The first-order valence-electron chi connectivity index (χ1n) is 4.03. The molecule has 1 aromatic carbocycles. The van der Waals surface area contributed by atoms with Crippen LogP contribution in [0.1, 0.15) is 10.4 Å². The molecule has 1 aromatic heterocycles. The highest BCUT2D eigenvalue weighted by atomic mass is 16.4. The van der Waals surface area contributed by atoms with Crippen LogP contribution in [-0.2, 0) is 0 Å². The Morgan fingerprint density at radius 2 is 2.36 bits per heavy atom. The predicted octanol–water partition coefficient (Wildman–Crippen LogP) is 1.57. The van der Waals surface area contributed by atoms with Crippen LogP contribution in [0.15, 0.2) is 22.6 Å². The summed E-state index contributed by atoms with van der Waals surface area (Å²) < 4.78 is 5.21. The lowest BCUT2D eigenvalue weighted by Gasteiger charge is -1.92. The summed E-state index contributed by atoms with van der Waals surface area (Å²) in [6.45, 7) is 0. The van der Waals surface area contributed by atoms with E-state index in [1.54, 1.807) is 19.2 Å². The Bertz CT molecular complexity index is 490. The summed E-state index contributed by atoms with van der Waals surface area (Å²) in [4.78, 5) is 14.8. The topological polar surface area (TPSA) is 75.4 Å². The first-order valence-corrected chi connectivity index (χ1v) is 4.03. The van der Waals surface area contributed by atoms with E-state index in [0.717, 1.165) is 0 Å². The molecule has 0 aliphatic rings. The number of benzene rings is 1. The van der Waals surface area contributed by atoms with E-state index in [0.29, 0.717) is 17.1 Å². The van der Waals surface area contributed by atoms with E-state index in [2.05, 4.69) is 10.3 Å². The summed E-state index contributed by atoms with van der Waals surface area (Å²) in [6.07, 6.45) is 0. The van der Waals surface area contributed by atoms with Gasteiger partial charge in [0.1, 0.15) is 11.1 Å². The quantitative estimate of drug-likeness (QED) is 0.755. The van der Waals surface area contributed by atoms with Crippen molar-refractivity contribution >= 4 is 23.1 Å². The van der Waals surface area contributed by atoms with Crippen LogP contribution in [0.2, 0.25) is 0 Å². The van der Waals surface area contributed by atoms with Gasteiger partial charge in [0.05, 0.1) is 0 Å². The molecule has 1 heterocycles. The molecule has 0 atom stereocenters. The van der Waals surface area contributed by atoms with Gasteiger partial charge >= 0.3 is 5.97 Å². The van der Waals surface area contributed by atoms with Crippen molar-refractivity contribution in [2.75, 3.05) is 12.4 Å². The van der Waals surface area contributed by atoms with Crippen molar-refractivity contribution in [3.8, 4) is 0 Å². The van der Waals surface area contributed by atoms with E-state index in [1.165, 1.54) is 6.07 Å². The largest absolute Gasteiger partial charge is 0.478 e.